The number of aryl methyl sites for hydroxylation is 3. The van der Waals surface area contributed by atoms with Crippen LogP contribution in [0.15, 0.2) is 371 Å². The van der Waals surface area contributed by atoms with E-state index in [1.807, 2.05) is 208 Å². The van der Waals surface area contributed by atoms with E-state index in [2.05, 4.69) is 50.3 Å². The summed E-state index contributed by atoms with van der Waals surface area (Å²) in [6, 6.07) is 85.2. The molecule has 2 aliphatic rings. The van der Waals surface area contributed by atoms with Crippen LogP contribution >= 0.6 is 58.8 Å². The van der Waals surface area contributed by atoms with E-state index in [1.165, 1.54) is 33.1 Å². The SMILES string of the molecule is C=CCSc1ccc(O)cc1.C=CCSc1ccc(Oc2ccc(C)cc2)cc1.C=CCSc1ccc(Oc2ccc(N)cc2)cc1.C=CCSc1ccc(Oc2ccc([N+](=O)[O-])cc2)cc1.Cc1ccc(Oc2ccc(S(=O)(=O)CC3CO3)cc2)cc1.Cc1ccc(Oc2ccc(S(=O)(=O)CC3CS3)cc2)cc1.O=CO[O-].O=[N+]([O-])c1ccc(F)cc1.[Cs+].[Cs+].[H-]. The summed E-state index contributed by atoms with van der Waals surface area (Å²) in [6.45, 7) is 21.2. The number of epoxide rings is 1. The summed E-state index contributed by atoms with van der Waals surface area (Å²) in [7, 11) is -6.44. The molecule has 2 heterocycles. The average molecular weight is 2060 g/mol. The molecule has 0 radical (unpaired) electrons. The maximum absolute atomic E-state index is 12.1. The number of hydrogen-bond acceptors (Lipinski definition) is 24. The number of carbonyl (C=O) groups excluding carboxylic acids is 1. The minimum atomic E-state index is -3.27. The van der Waals surface area contributed by atoms with E-state index in [-0.39, 0.29) is 180 Å². The van der Waals surface area contributed by atoms with Gasteiger partial charge in [-0.15, -0.1) is 73.4 Å². The number of phenols is 1. The van der Waals surface area contributed by atoms with E-state index in [9.17, 15) is 41.5 Å². The largest absolute Gasteiger partial charge is 1.00 e. The second-order valence-electron chi connectivity index (χ2n) is 25.9. The Morgan fingerprint density at radius 2 is 0.672 bits per heavy atom. The second-order valence-corrected chi connectivity index (χ2v) is 35.7. The average Bonchev–Trinajstić information content (AvgIpc) is 1.60. The molecule has 2 fully saturated rings. The van der Waals surface area contributed by atoms with Crippen molar-refractivity contribution in [1.29, 1.82) is 0 Å². The number of nitrogen functional groups attached to an aromatic ring is 1. The van der Waals surface area contributed by atoms with Gasteiger partial charge in [-0.3, -0.25) is 25.0 Å². The van der Waals surface area contributed by atoms with Crippen molar-refractivity contribution in [3.05, 3.63) is 385 Å². The molecule has 14 rings (SSSR count). The quantitative estimate of drug-likeness (QED) is 0.00596. The van der Waals surface area contributed by atoms with Crippen molar-refractivity contribution in [3.8, 4) is 63.2 Å². The maximum Gasteiger partial charge on any atom is 1.00 e. The zero-order valence-electron chi connectivity index (χ0n) is 70.3. The van der Waals surface area contributed by atoms with Gasteiger partial charge in [0.05, 0.1) is 43.9 Å². The summed E-state index contributed by atoms with van der Waals surface area (Å²) in [6.07, 6.45) is 7.37. The number of nitro benzene ring substituents is 2. The molecule has 0 amide bonds. The summed E-state index contributed by atoms with van der Waals surface area (Å²) in [5, 5.41) is 38.2. The molecule has 12 aromatic rings. The summed E-state index contributed by atoms with van der Waals surface area (Å²) in [5.41, 5.74) is 9.87. The zero-order valence-corrected chi connectivity index (χ0v) is 87.6. The van der Waals surface area contributed by atoms with Crippen LogP contribution in [-0.2, 0) is 34.1 Å². The number of nitrogens with two attached hydrogens (primary N) is 1. The van der Waals surface area contributed by atoms with Crippen LogP contribution in [0.2, 0.25) is 0 Å². The van der Waals surface area contributed by atoms with E-state index < -0.39 is 35.3 Å². The number of ether oxygens (including phenoxy) is 6. The van der Waals surface area contributed by atoms with Crippen LogP contribution in [0, 0.1) is 46.8 Å². The van der Waals surface area contributed by atoms with Crippen molar-refractivity contribution < 1.29 is 219 Å². The first-order valence-corrected chi connectivity index (χ1v) is 45.8. The Balaban J connectivity index is 0.000000308. The van der Waals surface area contributed by atoms with Crippen LogP contribution in [0.25, 0.3) is 0 Å². The fraction of sp³-hybridized carbons (Fsp3) is 0.138. The third kappa shape index (κ3) is 44.1. The number of thioether (sulfide) groups is 5. The van der Waals surface area contributed by atoms with Crippen molar-refractivity contribution in [3.63, 3.8) is 0 Å². The van der Waals surface area contributed by atoms with Crippen molar-refractivity contribution in [2.45, 2.75) is 61.5 Å². The van der Waals surface area contributed by atoms with Crippen LogP contribution in [0.4, 0.5) is 21.5 Å². The number of rotatable bonds is 31. The predicted molar refractivity (Wildman–Crippen MR) is 493 cm³/mol. The Hall–Kier alpha value is -7.93. The molecule has 2 atom stereocenters. The Bertz CT molecular complexity index is 5250. The third-order valence-electron chi connectivity index (χ3n) is 16.0. The van der Waals surface area contributed by atoms with Gasteiger partial charge in [-0.2, -0.15) is 11.8 Å². The van der Waals surface area contributed by atoms with Gasteiger partial charge in [0.1, 0.15) is 69.1 Å². The summed E-state index contributed by atoms with van der Waals surface area (Å²) in [5.74, 6) is 12.0. The number of hydrogen-bond donors (Lipinski definition) is 2. The van der Waals surface area contributed by atoms with E-state index in [0.717, 1.165) is 109 Å². The van der Waals surface area contributed by atoms with Crippen LogP contribution in [0.1, 0.15) is 18.1 Å². The normalized spacial score (nSPS) is 12.1. The molecule has 0 aromatic heterocycles. The van der Waals surface area contributed by atoms with Gasteiger partial charge in [0.15, 0.2) is 19.7 Å². The van der Waals surface area contributed by atoms with Gasteiger partial charge in [0.2, 0.25) is 0 Å². The molecule has 2 saturated heterocycles. The van der Waals surface area contributed by atoms with Gasteiger partial charge in [-0.05, 0) is 251 Å². The molecule has 0 aliphatic carbocycles. The van der Waals surface area contributed by atoms with Gasteiger partial charge < -0.3 is 50.8 Å². The summed E-state index contributed by atoms with van der Waals surface area (Å²) < 4.78 is 94.0. The first-order valence-electron chi connectivity index (χ1n) is 37.5. The number of nitrogens with zero attached hydrogens (tertiary/aromatic N) is 2. The molecular formula is C94H92Cs2FN3O18S7. The molecule has 31 heteroatoms. The number of aromatic hydroxyl groups is 1. The Kier molecular flexibility index (Phi) is 51.0. The number of halogens is 1. The fourth-order valence-corrected chi connectivity index (χ4v) is 16.3. The molecule has 0 spiro atoms. The second kappa shape index (κ2) is 59.2. The predicted octanol–water partition coefficient (Wildman–Crippen LogP) is 17.7. The Morgan fingerprint density at radius 1 is 0.440 bits per heavy atom. The molecule has 21 nitrogen and oxygen atoms in total. The van der Waals surface area contributed by atoms with Crippen molar-refractivity contribution in [1.82, 2.24) is 0 Å². The Labute approximate surface area is 870 Å². The van der Waals surface area contributed by atoms with E-state index in [0.29, 0.717) is 45.1 Å². The number of carbonyl (C=O) groups is 1. The number of non-ortho nitro benzene ring substituents is 2. The third-order valence-corrected chi connectivity index (χ3v) is 24.9. The first-order chi connectivity index (χ1) is 59.2. The van der Waals surface area contributed by atoms with Crippen molar-refractivity contribution in [2.75, 3.05) is 52.6 Å². The first kappa shape index (κ1) is 108. The Morgan fingerprint density at radius 3 is 0.920 bits per heavy atom. The summed E-state index contributed by atoms with van der Waals surface area (Å²) >= 11 is 8.59. The molecule has 12 aromatic carbocycles. The molecule has 642 valence electrons. The van der Waals surface area contributed by atoms with Crippen molar-refractivity contribution in [2.24, 2.45) is 0 Å². The van der Waals surface area contributed by atoms with E-state index in [1.54, 1.807) is 132 Å². The molecule has 125 heavy (non-hydrogen) atoms. The van der Waals surface area contributed by atoms with Crippen LogP contribution in [0.5, 0.6) is 63.2 Å². The molecule has 0 bridgehead atoms. The van der Waals surface area contributed by atoms with E-state index in [4.69, 9.17) is 49.3 Å². The topological polar surface area (TPSA) is 309 Å². The van der Waals surface area contributed by atoms with Crippen LogP contribution in [-0.4, -0.2) is 96.5 Å². The molecule has 2 aliphatic heterocycles. The number of anilines is 1. The smallest absolute Gasteiger partial charge is 1.00 e. The monoisotopic (exact) mass is 2060 g/mol. The van der Waals surface area contributed by atoms with Gasteiger partial charge in [0.25, 0.3) is 17.8 Å². The van der Waals surface area contributed by atoms with Crippen molar-refractivity contribution >= 4 is 102 Å². The molecule has 0 saturated carbocycles. The molecular weight excluding hydrogens is 1970 g/mol. The minimum absolute atomic E-state index is 0. The number of sulfone groups is 2. The number of nitro groups is 2. The van der Waals surface area contributed by atoms with Gasteiger partial charge in [-0.1, -0.05) is 77.4 Å². The standard InChI is InChI=1S/C16H16O4S.C16H16O3S2.C16H16OS.C15H13NO3S.C15H15NOS.C9H10OS.C6H4FNO2.CH2O3.2Cs.H/c1-12-2-4-13(5-3-12)20-14-6-8-16(9-7-14)21(17,18)11-15-10-19-15;1-12-2-4-13(5-3-12)19-14-6-8-16(9-7-14)21(17,18)11-15-10-20-15;1-3-12-18-16-10-8-15(9-11-16)17-14-6-4-13(2)5-7-14;1-2-11-20-15-9-7-14(8-10-15)19-13-5-3-12(4-6-13)16(17)18;1-2-11-18-15-9-7-14(8-10-15)17-13-5-3-12(16)4-6-13;1-2-7-11-9-5-3-8(10)4-6-9;7-5-1-3-6(4-2-5)8(9)10;2-1-4-3;;;/h2*2-9,15H,10-11H2,1H3;3-11H,1,12H2,2H3;2-10H,1,11H2;2-10H,1,11,16H2;2-6,10H,1,7H2;1-4H;1,3H;;;/q;;;;;;;;2*+1;-1/p-1. The maximum atomic E-state index is 12.1. The zero-order chi connectivity index (χ0) is 88.8. The number of benzene rings is 12. The fourth-order valence-electron chi connectivity index (χ4n) is 9.65. The molecule has 2 unspecified atom stereocenters. The molecule has 3 N–H and O–H groups in total. The van der Waals surface area contributed by atoms with Gasteiger partial charge in [-0.25, -0.2) is 21.2 Å². The van der Waals surface area contributed by atoms with Crippen LogP contribution in [0.3, 0.4) is 0 Å². The minimum Gasteiger partial charge on any atom is -1.00 e. The van der Waals surface area contributed by atoms with Crippen LogP contribution < -0.4 is 172 Å². The number of phenolic OH excluding ortho intramolecular Hbond substituents is 1. The van der Waals surface area contributed by atoms with Gasteiger partial charge >= 0.3 is 138 Å². The summed E-state index contributed by atoms with van der Waals surface area (Å²) in [4.78, 5) is 36.2. The van der Waals surface area contributed by atoms with Gasteiger partial charge in [0, 0.05) is 83.5 Å². The van der Waals surface area contributed by atoms with E-state index >= 15 is 0 Å².